The zero-order valence-corrected chi connectivity index (χ0v) is 15.3. The van der Waals surface area contributed by atoms with Gasteiger partial charge in [0.2, 0.25) is 0 Å². The molecule has 4 nitrogen and oxygen atoms in total. The highest BCUT2D eigenvalue weighted by Gasteiger charge is 2.32. The summed E-state index contributed by atoms with van der Waals surface area (Å²) in [5.74, 6) is 0.623. The van der Waals surface area contributed by atoms with Crippen LogP contribution in [-0.2, 0) is 22.6 Å². The predicted molar refractivity (Wildman–Crippen MR) is 105 cm³/mol. The Morgan fingerprint density at radius 2 is 1.88 bits per heavy atom. The largest absolute Gasteiger partial charge is 0.487 e. The van der Waals surface area contributed by atoms with E-state index in [1.54, 1.807) is 0 Å². The Hall–Kier alpha value is -2.59. The third kappa shape index (κ3) is 2.90. The maximum atomic E-state index is 12.5. The van der Waals surface area contributed by atoms with E-state index in [-0.39, 0.29) is 5.91 Å². The van der Waals surface area contributed by atoms with Gasteiger partial charge in [0.1, 0.15) is 12.4 Å². The first kappa shape index (κ1) is 16.9. The Morgan fingerprint density at radius 1 is 1.08 bits per heavy atom. The molecule has 0 radical (unpaired) electrons. The smallest absolute Gasteiger partial charge is 0.260 e. The van der Waals surface area contributed by atoms with Gasteiger partial charge in [0, 0.05) is 28.9 Å². The lowest BCUT2D eigenvalue weighted by molar-refractivity contribution is -0.110. The summed E-state index contributed by atoms with van der Waals surface area (Å²) in [6.45, 7) is 8.15. The quantitative estimate of drug-likeness (QED) is 0.833. The lowest BCUT2D eigenvalue weighted by Crippen LogP contribution is -2.25. The second-order valence-corrected chi connectivity index (χ2v) is 6.76. The molecule has 2 aliphatic rings. The summed E-state index contributed by atoms with van der Waals surface area (Å²) in [6, 6.07) is 14.3. The molecule has 2 heterocycles. The molecule has 2 aliphatic heterocycles. The van der Waals surface area contributed by atoms with Crippen molar-refractivity contribution in [3.63, 3.8) is 0 Å². The number of carbonyl (C=O) groups excluding carboxylic acids is 1. The molecule has 4 heteroatoms. The van der Waals surface area contributed by atoms with Crippen LogP contribution in [0.4, 0.5) is 5.69 Å². The monoisotopic (exact) mass is 348 g/mol. The van der Waals surface area contributed by atoms with Crippen LogP contribution in [0.5, 0.6) is 0 Å². The third-order valence-corrected chi connectivity index (χ3v) is 5.30. The van der Waals surface area contributed by atoms with Crippen LogP contribution in [0.15, 0.2) is 42.5 Å². The first-order valence-electron chi connectivity index (χ1n) is 9.33. The summed E-state index contributed by atoms with van der Waals surface area (Å²) in [5.41, 5.74) is 5.95. The van der Waals surface area contributed by atoms with Gasteiger partial charge in [0.05, 0.1) is 5.57 Å². The Morgan fingerprint density at radius 3 is 2.69 bits per heavy atom. The molecule has 1 amide bonds. The minimum Gasteiger partial charge on any atom is -0.487 e. The second-order valence-electron chi connectivity index (χ2n) is 6.76. The summed E-state index contributed by atoms with van der Waals surface area (Å²) in [7, 11) is 0. The van der Waals surface area contributed by atoms with Gasteiger partial charge in [0.25, 0.3) is 5.91 Å². The molecule has 134 valence electrons. The predicted octanol–water partition coefficient (Wildman–Crippen LogP) is 3.92. The highest BCUT2D eigenvalue weighted by atomic mass is 16.5. The van der Waals surface area contributed by atoms with Crippen LogP contribution in [0.25, 0.3) is 11.3 Å². The van der Waals surface area contributed by atoms with Crippen LogP contribution in [0.3, 0.4) is 0 Å². The van der Waals surface area contributed by atoms with E-state index in [2.05, 4.69) is 42.3 Å². The first-order valence-corrected chi connectivity index (χ1v) is 9.33. The van der Waals surface area contributed by atoms with Gasteiger partial charge >= 0.3 is 0 Å². The number of likely N-dealkylation sites (N-methyl/N-ethyl adjacent to an activating group) is 1. The van der Waals surface area contributed by atoms with E-state index in [1.807, 2.05) is 24.3 Å². The van der Waals surface area contributed by atoms with Gasteiger partial charge in [0.15, 0.2) is 0 Å². The number of fused-ring (bicyclic) bond motifs is 2. The molecule has 0 bridgehead atoms. The number of carbonyl (C=O) groups is 1. The minimum atomic E-state index is -0.0836. The molecule has 0 spiro atoms. The molecule has 0 unspecified atom stereocenters. The van der Waals surface area contributed by atoms with Crippen LogP contribution in [0, 0.1) is 0 Å². The van der Waals surface area contributed by atoms with Gasteiger partial charge in [-0.1, -0.05) is 50.2 Å². The summed E-state index contributed by atoms with van der Waals surface area (Å²) in [4.78, 5) is 14.9. The molecule has 0 aromatic heterocycles. The Labute approximate surface area is 154 Å². The van der Waals surface area contributed by atoms with Gasteiger partial charge in [-0.25, -0.2) is 0 Å². The van der Waals surface area contributed by atoms with E-state index in [0.717, 1.165) is 42.9 Å². The van der Waals surface area contributed by atoms with Crippen LogP contribution in [0.1, 0.15) is 36.1 Å². The third-order valence-electron chi connectivity index (χ3n) is 5.30. The topological polar surface area (TPSA) is 41.6 Å². The fraction of sp³-hybridized carbons (Fsp3) is 0.318. The molecule has 0 saturated heterocycles. The van der Waals surface area contributed by atoms with Gasteiger partial charge in [-0.05, 0) is 31.1 Å². The Bertz CT molecular complexity index is 881. The van der Waals surface area contributed by atoms with E-state index in [4.69, 9.17) is 4.74 Å². The van der Waals surface area contributed by atoms with Crippen molar-refractivity contribution in [3.05, 3.63) is 64.7 Å². The molecule has 2 aromatic rings. The highest BCUT2D eigenvalue weighted by molar-refractivity contribution is 6.36. The van der Waals surface area contributed by atoms with Crippen molar-refractivity contribution >= 4 is 22.9 Å². The Balaban J connectivity index is 1.64. The first-order chi connectivity index (χ1) is 12.7. The van der Waals surface area contributed by atoms with Crippen molar-refractivity contribution in [1.29, 1.82) is 0 Å². The molecular weight excluding hydrogens is 324 g/mol. The van der Waals surface area contributed by atoms with Crippen LogP contribution in [-0.4, -0.2) is 30.4 Å². The molecular formula is C22H24N2O2. The molecule has 0 aliphatic carbocycles. The molecule has 0 saturated carbocycles. The zero-order chi connectivity index (χ0) is 18.1. The molecule has 0 atom stereocenters. The van der Waals surface area contributed by atoms with E-state index in [0.29, 0.717) is 17.9 Å². The van der Waals surface area contributed by atoms with Crippen molar-refractivity contribution < 1.29 is 9.53 Å². The number of nitrogens with zero attached hydrogens (tertiary/aromatic N) is 1. The summed E-state index contributed by atoms with van der Waals surface area (Å²) in [5, 5.41) is 2.93. The summed E-state index contributed by atoms with van der Waals surface area (Å²) in [6.07, 6.45) is 1.03. The number of nitrogens with one attached hydrogen (secondary N) is 1. The van der Waals surface area contributed by atoms with E-state index in [9.17, 15) is 4.79 Å². The maximum absolute atomic E-state index is 12.5. The Kier molecular flexibility index (Phi) is 4.51. The molecule has 0 fully saturated rings. The van der Waals surface area contributed by atoms with Gasteiger partial charge in [-0.2, -0.15) is 0 Å². The van der Waals surface area contributed by atoms with Crippen molar-refractivity contribution in [2.75, 3.05) is 25.0 Å². The normalized spacial score (nSPS) is 17.9. The summed E-state index contributed by atoms with van der Waals surface area (Å²) >= 11 is 0. The van der Waals surface area contributed by atoms with E-state index < -0.39 is 0 Å². The number of rotatable bonds is 5. The highest BCUT2D eigenvalue weighted by Crippen LogP contribution is 2.41. The van der Waals surface area contributed by atoms with Crippen molar-refractivity contribution in [1.82, 2.24) is 4.90 Å². The van der Waals surface area contributed by atoms with Crippen LogP contribution in [0.2, 0.25) is 0 Å². The minimum absolute atomic E-state index is 0.0836. The van der Waals surface area contributed by atoms with E-state index in [1.165, 1.54) is 11.1 Å². The average Bonchev–Trinajstić information content (AvgIpc) is 3.21. The number of amides is 1. The fourth-order valence-electron chi connectivity index (χ4n) is 3.75. The van der Waals surface area contributed by atoms with E-state index >= 15 is 0 Å². The van der Waals surface area contributed by atoms with Crippen molar-refractivity contribution in [3.8, 4) is 0 Å². The number of ether oxygens (including phenoxy) is 1. The second kappa shape index (κ2) is 6.96. The van der Waals surface area contributed by atoms with Gasteiger partial charge < -0.3 is 15.0 Å². The summed E-state index contributed by atoms with van der Waals surface area (Å²) < 4.78 is 5.97. The lowest BCUT2D eigenvalue weighted by Gasteiger charge is -2.17. The van der Waals surface area contributed by atoms with Crippen molar-refractivity contribution in [2.45, 2.75) is 26.9 Å². The molecule has 26 heavy (non-hydrogen) atoms. The number of para-hydroxylation sites is 1. The molecule has 1 N–H and O–H groups in total. The number of hydrogen-bond acceptors (Lipinski definition) is 3. The average molecular weight is 348 g/mol. The fourth-order valence-corrected chi connectivity index (χ4v) is 3.75. The molecule has 2 aromatic carbocycles. The van der Waals surface area contributed by atoms with Crippen LogP contribution < -0.4 is 5.32 Å². The lowest BCUT2D eigenvalue weighted by atomic mass is 9.98. The maximum Gasteiger partial charge on any atom is 0.260 e. The standard InChI is InChI=1S/C22H24N2O2/c1-3-24(4-2)12-11-15-9-10-17-16(13-15)14-26-21(17)20-18-7-5-6-8-19(18)23-22(20)25/h5-10,13H,3-4,11-12,14H2,1-2H3,(H,23,25)/b21-20+. The SMILES string of the molecule is CCN(CC)CCc1ccc2c(c1)CO/C2=C1/C(=O)Nc2ccccc21. The van der Waals surface area contributed by atoms with Gasteiger partial charge in [-0.15, -0.1) is 0 Å². The number of hydrogen-bond donors (Lipinski definition) is 1. The number of anilines is 1. The number of benzene rings is 2. The molecule has 4 rings (SSSR count). The van der Waals surface area contributed by atoms with Crippen molar-refractivity contribution in [2.24, 2.45) is 0 Å². The zero-order valence-electron chi connectivity index (χ0n) is 15.3. The van der Waals surface area contributed by atoms with Gasteiger partial charge in [-0.3, -0.25) is 4.79 Å². The van der Waals surface area contributed by atoms with Crippen LogP contribution >= 0.6 is 0 Å².